The van der Waals surface area contributed by atoms with Crippen LogP contribution in [0.1, 0.15) is 17.2 Å². The maximum absolute atomic E-state index is 13.5. The van der Waals surface area contributed by atoms with Gasteiger partial charge in [-0.1, -0.05) is 58.5 Å². The molecule has 0 bridgehead atoms. The first kappa shape index (κ1) is 22.5. The Morgan fingerprint density at radius 1 is 1.00 bits per heavy atom. The second kappa shape index (κ2) is 8.67. The van der Waals surface area contributed by atoms with E-state index in [2.05, 4.69) is 0 Å². The molecule has 2 N–H and O–H groups in total. The lowest BCUT2D eigenvalue weighted by Gasteiger charge is -2.24. The van der Waals surface area contributed by atoms with E-state index in [0.29, 0.717) is 35.4 Å². The highest BCUT2D eigenvalue weighted by atomic mass is 35.5. The van der Waals surface area contributed by atoms with Crippen LogP contribution in [-0.4, -0.2) is 4.57 Å². The number of rotatable bonds is 2. The Kier molecular flexibility index (Phi) is 6.09. The minimum absolute atomic E-state index is 0.00309. The fourth-order valence-corrected chi connectivity index (χ4v) is 5.54. The van der Waals surface area contributed by atoms with E-state index < -0.39 is 11.6 Å². The van der Waals surface area contributed by atoms with E-state index in [1.165, 1.54) is 10.6 Å². The van der Waals surface area contributed by atoms with Crippen molar-refractivity contribution in [1.82, 2.24) is 4.57 Å². The lowest BCUT2D eigenvalue weighted by Crippen LogP contribution is -2.40. The summed E-state index contributed by atoms with van der Waals surface area (Å²) in [5, 5.41) is 21.1. The molecule has 1 unspecified atom stereocenters. The first-order valence-corrected chi connectivity index (χ1v) is 11.3. The molecule has 5 nitrogen and oxygen atoms in total. The fraction of sp³-hybridized carbons (Fsp3) is 0.0455. The van der Waals surface area contributed by atoms with E-state index >= 15 is 0 Å². The Morgan fingerprint density at radius 2 is 1.66 bits per heavy atom. The molecule has 32 heavy (non-hydrogen) atoms. The minimum atomic E-state index is -0.913. The zero-order chi connectivity index (χ0) is 23.2. The Hall–Kier alpha value is -2.71. The van der Waals surface area contributed by atoms with Gasteiger partial charge in [-0.3, -0.25) is 9.36 Å². The van der Waals surface area contributed by atoms with Gasteiger partial charge in [0.15, 0.2) is 0 Å². The number of hydrogen-bond donors (Lipinski definition) is 1. The molecular weight excluding hydrogens is 510 g/mol. The molecule has 2 aromatic carbocycles. The highest BCUT2D eigenvalue weighted by molar-refractivity contribution is 7.07. The van der Waals surface area contributed by atoms with Crippen LogP contribution >= 0.6 is 57.7 Å². The molecule has 1 aromatic heterocycles. The summed E-state index contributed by atoms with van der Waals surface area (Å²) < 4.78 is 1.99. The predicted molar refractivity (Wildman–Crippen MR) is 128 cm³/mol. The summed E-state index contributed by atoms with van der Waals surface area (Å²) >= 11 is 25.7. The Morgan fingerprint density at radius 3 is 2.25 bits per heavy atom. The molecule has 3 aromatic rings. The SMILES string of the molecule is N#CC1=C(N)C(C#N)=c2sc(=Cc3ccc(Cl)cc3Cl)c(=O)n2C1c1ccc(Cl)cc1Cl. The summed E-state index contributed by atoms with van der Waals surface area (Å²) in [5.74, 6) is 0. The largest absolute Gasteiger partial charge is 0.397 e. The summed E-state index contributed by atoms with van der Waals surface area (Å²) in [6, 6.07) is 12.8. The number of nitrogens with two attached hydrogens (primary N) is 1. The molecule has 10 heteroatoms. The summed E-state index contributed by atoms with van der Waals surface area (Å²) in [6.45, 7) is 0. The molecular formula is C22H10Cl4N4OS. The van der Waals surface area contributed by atoms with Gasteiger partial charge < -0.3 is 5.73 Å². The standard InChI is InChI=1S/C22H10Cl4N4OS/c23-11-2-1-10(16(25)6-11)5-18-21(31)30-20(13-4-3-12(24)7-17(13)26)14(8-27)19(29)15(9-28)22(30)32-18/h1-7,20H,29H2. The second-order valence-corrected chi connectivity index (χ2v) is 9.47. The highest BCUT2D eigenvalue weighted by Gasteiger charge is 2.32. The average molecular weight is 520 g/mol. The second-order valence-electron chi connectivity index (χ2n) is 6.75. The molecule has 0 saturated heterocycles. The number of halogens is 4. The number of thiazole rings is 1. The van der Waals surface area contributed by atoms with E-state index in [4.69, 9.17) is 52.1 Å². The van der Waals surface area contributed by atoms with Crippen molar-refractivity contribution >= 4 is 69.4 Å². The van der Waals surface area contributed by atoms with Crippen molar-refractivity contribution in [2.75, 3.05) is 0 Å². The number of benzene rings is 2. The third kappa shape index (κ3) is 3.71. The molecule has 0 fully saturated rings. The molecule has 158 valence electrons. The van der Waals surface area contributed by atoms with Crippen LogP contribution in [0.5, 0.6) is 0 Å². The first-order chi connectivity index (χ1) is 15.3. The van der Waals surface area contributed by atoms with Crippen LogP contribution in [0.2, 0.25) is 20.1 Å². The smallest absolute Gasteiger partial charge is 0.269 e. The van der Waals surface area contributed by atoms with Crippen LogP contribution in [0.3, 0.4) is 0 Å². The van der Waals surface area contributed by atoms with Gasteiger partial charge in [0.2, 0.25) is 0 Å². The van der Waals surface area contributed by atoms with Gasteiger partial charge in [0.25, 0.3) is 5.56 Å². The highest BCUT2D eigenvalue weighted by Crippen LogP contribution is 2.35. The first-order valence-electron chi connectivity index (χ1n) is 8.94. The van der Waals surface area contributed by atoms with Crippen LogP contribution in [-0.2, 0) is 0 Å². The molecule has 0 radical (unpaired) electrons. The number of fused-ring (bicyclic) bond motifs is 1. The average Bonchev–Trinajstić information content (AvgIpc) is 3.05. The Bertz CT molecular complexity index is 1590. The number of hydrogen-bond acceptors (Lipinski definition) is 5. The maximum Gasteiger partial charge on any atom is 0.269 e. The van der Waals surface area contributed by atoms with Crippen molar-refractivity contribution in [2.45, 2.75) is 6.04 Å². The van der Waals surface area contributed by atoms with Gasteiger partial charge >= 0.3 is 0 Å². The van der Waals surface area contributed by atoms with Gasteiger partial charge in [-0.15, -0.1) is 11.3 Å². The van der Waals surface area contributed by atoms with Crippen LogP contribution in [0.25, 0.3) is 11.6 Å². The van der Waals surface area contributed by atoms with E-state index in [0.717, 1.165) is 11.3 Å². The van der Waals surface area contributed by atoms with Crippen molar-refractivity contribution < 1.29 is 0 Å². The Labute approximate surface area is 206 Å². The van der Waals surface area contributed by atoms with Crippen LogP contribution in [0.15, 0.2) is 52.5 Å². The summed E-state index contributed by atoms with van der Waals surface area (Å²) in [4.78, 5) is 13.5. The zero-order valence-electron chi connectivity index (χ0n) is 15.9. The normalized spacial score (nSPS) is 16.0. The molecule has 0 amide bonds. The van der Waals surface area contributed by atoms with E-state index in [-0.39, 0.29) is 21.9 Å². The third-order valence-electron chi connectivity index (χ3n) is 4.90. The summed E-state index contributed by atoms with van der Waals surface area (Å²) in [7, 11) is 0. The number of nitriles is 2. The van der Waals surface area contributed by atoms with Crippen molar-refractivity contribution in [1.29, 1.82) is 10.5 Å². The third-order valence-corrected chi connectivity index (χ3v) is 7.13. The topological polar surface area (TPSA) is 95.6 Å². The van der Waals surface area contributed by atoms with Crippen molar-refractivity contribution in [3.63, 3.8) is 0 Å². The molecule has 2 heterocycles. The van der Waals surface area contributed by atoms with Gasteiger partial charge in [-0.25, -0.2) is 0 Å². The van der Waals surface area contributed by atoms with Crippen molar-refractivity contribution in [2.24, 2.45) is 5.73 Å². The van der Waals surface area contributed by atoms with Gasteiger partial charge in [0.05, 0.1) is 21.9 Å². The molecule has 4 rings (SSSR count). The zero-order valence-corrected chi connectivity index (χ0v) is 19.7. The predicted octanol–water partition coefficient (Wildman–Crippen LogP) is 4.37. The van der Waals surface area contributed by atoms with Gasteiger partial charge in [-0.05, 0) is 41.5 Å². The number of aromatic nitrogens is 1. The van der Waals surface area contributed by atoms with E-state index in [1.54, 1.807) is 36.4 Å². The number of allylic oxidation sites excluding steroid dienone is 2. The van der Waals surface area contributed by atoms with E-state index in [9.17, 15) is 15.3 Å². The van der Waals surface area contributed by atoms with Crippen LogP contribution in [0.4, 0.5) is 0 Å². The lowest BCUT2D eigenvalue weighted by molar-refractivity contribution is 0.634. The minimum Gasteiger partial charge on any atom is -0.397 e. The van der Waals surface area contributed by atoms with Gasteiger partial charge in [-0.2, -0.15) is 10.5 Å². The Balaban J connectivity index is 2.10. The number of nitrogens with zero attached hydrogens (tertiary/aromatic N) is 3. The lowest BCUT2D eigenvalue weighted by atomic mass is 9.93. The van der Waals surface area contributed by atoms with Crippen LogP contribution in [0, 0.1) is 22.7 Å². The van der Waals surface area contributed by atoms with Gasteiger partial charge in [0, 0.05) is 20.1 Å². The molecule has 1 aliphatic rings. The van der Waals surface area contributed by atoms with Crippen molar-refractivity contribution in [3.05, 3.63) is 98.4 Å². The molecule has 0 aliphatic carbocycles. The summed E-state index contributed by atoms with van der Waals surface area (Å²) in [5.41, 5.74) is 6.92. The van der Waals surface area contributed by atoms with Crippen molar-refractivity contribution in [3.8, 4) is 12.1 Å². The quantitative estimate of drug-likeness (QED) is 0.543. The molecule has 1 aliphatic heterocycles. The van der Waals surface area contributed by atoms with Crippen LogP contribution < -0.4 is 20.5 Å². The summed E-state index contributed by atoms with van der Waals surface area (Å²) in [6.07, 6.45) is 1.61. The molecule has 0 saturated carbocycles. The maximum atomic E-state index is 13.5. The molecule has 1 atom stereocenters. The molecule has 0 spiro atoms. The van der Waals surface area contributed by atoms with E-state index in [1.807, 2.05) is 12.1 Å². The monoisotopic (exact) mass is 518 g/mol. The van der Waals surface area contributed by atoms with Gasteiger partial charge in [0.1, 0.15) is 22.3 Å². The fourth-order valence-electron chi connectivity index (χ4n) is 3.44.